The van der Waals surface area contributed by atoms with Crippen LogP contribution in [0.2, 0.25) is 0 Å². The molecule has 0 atom stereocenters. The number of rotatable bonds is 4. The van der Waals surface area contributed by atoms with Gasteiger partial charge in [-0.15, -0.1) is 0 Å². The second-order valence-corrected chi connectivity index (χ2v) is 8.67. The number of piperazine rings is 1. The van der Waals surface area contributed by atoms with E-state index in [1.807, 2.05) is 41.3 Å². The second kappa shape index (κ2) is 9.05. The Morgan fingerprint density at radius 3 is 2.34 bits per heavy atom. The van der Waals surface area contributed by atoms with Crippen molar-refractivity contribution in [1.82, 2.24) is 14.8 Å². The summed E-state index contributed by atoms with van der Waals surface area (Å²) in [5.41, 5.74) is 1.93. The number of fused-ring (bicyclic) bond motifs is 1. The molecule has 1 aromatic heterocycles. The Hall–Kier alpha value is -3.88. The van der Waals surface area contributed by atoms with Crippen molar-refractivity contribution in [2.45, 2.75) is 19.3 Å². The Morgan fingerprint density at radius 2 is 1.63 bits per heavy atom. The van der Waals surface area contributed by atoms with Gasteiger partial charge >= 0.3 is 6.18 Å². The summed E-state index contributed by atoms with van der Waals surface area (Å²) in [6.45, 7) is 2.48. The number of anilines is 1. The number of hydrogen-bond acceptors (Lipinski definition) is 4. The van der Waals surface area contributed by atoms with Crippen LogP contribution in [0, 0.1) is 0 Å². The summed E-state index contributed by atoms with van der Waals surface area (Å²) in [7, 11) is 0. The number of nitrogens with zero attached hydrogens (tertiary/aromatic N) is 4. The third-order valence-corrected chi connectivity index (χ3v) is 6.41. The molecule has 2 aliphatic heterocycles. The predicted octanol–water partition coefficient (Wildman–Crippen LogP) is 4.22. The normalized spacial score (nSPS) is 16.0. The van der Waals surface area contributed by atoms with Gasteiger partial charge in [0.2, 0.25) is 0 Å². The van der Waals surface area contributed by atoms with Crippen LogP contribution in [0.4, 0.5) is 18.9 Å². The lowest BCUT2D eigenvalue weighted by molar-refractivity contribution is -0.138. The van der Waals surface area contributed by atoms with Crippen molar-refractivity contribution < 1.29 is 22.8 Å². The van der Waals surface area contributed by atoms with Crippen molar-refractivity contribution in [1.29, 1.82) is 0 Å². The fraction of sp³-hybridized carbons (Fsp3) is 0.269. The first kappa shape index (κ1) is 22.9. The van der Waals surface area contributed by atoms with Gasteiger partial charge in [0.15, 0.2) is 0 Å². The third-order valence-electron chi connectivity index (χ3n) is 6.41. The van der Waals surface area contributed by atoms with Gasteiger partial charge in [-0.25, -0.2) is 4.98 Å². The molecule has 0 bridgehead atoms. The molecule has 2 amide bonds. The van der Waals surface area contributed by atoms with Gasteiger partial charge in [0.05, 0.1) is 23.0 Å². The van der Waals surface area contributed by atoms with E-state index in [0.717, 1.165) is 22.9 Å². The lowest BCUT2D eigenvalue weighted by atomic mass is 10.1. The lowest BCUT2D eigenvalue weighted by Crippen LogP contribution is -2.49. The molecule has 3 heterocycles. The molecule has 3 aromatic rings. The molecule has 0 spiro atoms. The van der Waals surface area contributed by atoms with Crippen molar-refractivity contribution in [3.8, 4) is 0 Å². The Labute approximate surface area is 200 Å². The van der Waals surface area contributed by atoms with Crippen LogP contribution in [0.15, 0.2) is 66.9 Å². The van der Waals surface area contributed by atoms with Gasteiger partial charge in [-0.2, -0.15) is 13.2 Å². The van der Waals surface area contributed by atoms with Crippen LogP contribution in [0.1, 0.15) is 37.5 Å². The summed E-state index contributed by atoms with van der Waals surface area (Å²) in [5.74, 6) is -0.721. The van der Waals surface area contributed by atoms with Crippen LogP contribution in [0.5, 0.6) is 0 Å². The molecule has 0 saturated carbocycles. The van der Waals surface area contributed by atoms with E-state index in [1.54, 1.807) is 11.1 Å². The molecule has 0 radical (unpaired) electrons. The predicted molar refractivity (Wildman–Crippen MR) is 124 cm³/mol. The highest BCUT2D eigenvalue weighted by atomic mass is 19.4. The zero-order valence-corrected chi connectivity index (χ0v) is 18.8. The van der Waals surface area contributed by atoms with Gasteiger partial charge in [0.1, 0.15) is 5.69 Å². The fourth-order valence-corrected chi connectivity index (χ4v) is 4.60. The summed E-state index contributed by atoms with van der Waals surface area (Å²) >= 11 is 0. The van der Waals surface area contributed by atoms with Crippen molar-refractivity contribution >= 4 is 17.5 Å². The van der Waals surface area contributed by atoms with Crippen LogP contribution in [0.25, 0.3) is 0 Å². The average Bonchev–Trinajstić information content (AvgIpc) is 3.18. The van der Waals surface area contributed by atoms with E-state index in [-0.39, 0.29) is 11.5 Å². The number of halogens is 3. The summed E-state index contributed by atoms with van der Waals surface area (Å²) in [5, 5.41) is 0. The summed E-state index contributed by atoms with van der Waals surface area (Å²) in [6.07, 6.45) is -2.94. The van der Waals surface area contributed by atoms with Crippen LogP contribution < -0.4 is 4.90 Å². The highest BCUT2D eigenvalue weighted by Crippen LogP contribution is 2.33. The molecule has 9 heteroatoms. The third kappa shape index (κ3) is 4.58. The monoisotopic (exact) mass is 480 g/mol. The molecular weight excluding hydrogens is 457 g/mol. The van der Waals surface area contributed by atoms with Crippen LogP contribution >= 0.6 is 0 Å². The van der Waals surface area contributed by atoms with E-state index in [0.29, 0.717) is 45.0 Å². The van der Waals surface area contributed by atoms with Crippen molar-refractivity contribution in [2.75, 3.05) is 31.1 Å². The SMILES string of the molecule is O=C(c1ccccc1C(F)(F)F)N1CCN(c2cnc3c(c2)CN(Cc2ccccc2)C3=O)CC1. The number of amides is 2. The molecule has 2 aromatic carbocycles. The van der Waals surface area contributed by atoms with Gasteiger partial charge in [-0.1, -0.05) is 42.5 Å². The molecule has 2 aliphatic rings. The number of benzene rings is 2. The van der Waals surface area contributed by atoms with E-state index in [1.165, 1.54) is 23.1 Å². The highest BCUT2D eigenvalue weighted by molar-refractivity contribution is 5.97. The van der Waals surface area contributed by atoms with E-state index in [2.05, 4.69) is 4.98 Å². The maximum atomic E-state index is 13.3. The summed E-state index contributed by atoms with van der Waals surface area (Å²) in [6, 6.07) is 16.6. The number of aromatic nitrogens is 1. The highest BCUT2D eigenvalue weighted by Gasteiger charge is 2.36. The molecule has 0 N–H and O–H groups in total. The van der Waals surface area contributed by atoms with Gasteiger partial charge in [0.25, 0.3) is 11.8 Å². The van der Waals surface area contributed by atoms with Gasteiger partial charge in [0, 0.05) is 44.8 Å². The van der Waals surface area contributed by atoms with Crippen molar-refractivity contribution in [2.24, 2.45) is 0 Å². The fourth-order valence-electron chi connectivity index (χ4n) is 4.60. The van der Waals surface area contributed by atoms with E-state index in [9.17, 15) is 22.8 Å². The van der Waals surface area contributed by atoms with Crippen LogP contribution in [0.3, 0.4) is 0 Å². The molecule has 0 aliphatic carbocycles. The zero-order valence-electron chi connectivity index (χ0n) is 18.8. The first-order valence-electron chi connectivity index (χ1n) is 11.3. The molecule has 0 unspecified atom stereocenters. The second-order valence-electron chi connectivity index (χ2n) is 8.67. The Balaban J connectivity index is 1.25. The number of hydrogen-bond donors (Lipinski definition) is 0. The standard InChI is InChI=1S/C26H23F3N4O2/c27-26(28,29)22-9-5-4-8-21(22)24(34)32-12-10-31(11-13-32)20-14-19-17-33(25(35)23(19)30-15-20)16-18-6-2-1-3-7-18/h1-9,14-15H,10-13,16-17H2. The number of carbonyl (C=O) groups excluding carboxylic acids is 2. The Kier molecular flexibility index (Phi) is 5.92. The molecule has 35 heavy (non-hydrogen) atoms. The molecular formula is C26H23F3N4O2. The van der Waals surface area contributed by atoms with E-state index >= 15 is 0 Å². The van der Waals surface area contributed by atoms with Gasteiger partial charge < -0.3 is 14.7 Å². The molecule has 6 nitrogen and oxygen atoms in total. The van der Waals surface area contributed by atoms with Crippen molar-refractivity contribution in [3.05, 3.63) is 94.8 Å². The minimum atomic E-state index is -4.59. The maximum absolute atomic E-state index is 13.3. The molecule has 180 valence electrons. The molecule has 1 saturated heterocycles. The lowest BCUT2D eigenvalue weighted by Gasteiger charge is -2.36. The minimum Gasteiger partial charge on any atom is -0.367 e. The summed E-state index contributed by atoms with van der Waals surface area (Å²) in [4.78, 5) is 35.3. The first-order valence-corrected chi connectivity index (χ1v) is 11.3. The largest absolute Gasteiger partial charge is 0.417 e. The van der Waals surface area contributed by atoms with Gasteiger partial charge in [-0.3, -0.25) is 9.59 Å². The summed E-state index contributed by atoms with van der Waals surface area (Å²) < 4.78 is 40.0. The Morgan fingerprint density at radius 1 is 0.943 bits per heavy atom. The quantitative estimate of drug-likeness (QED) is 0.561. The van der Waals surface area contributed by atoms with Gasteiger partial charge in [-0.05, 0) is 23.8 Å². The number of carbonyl (C=O) groups is 2. The topological polar surface area (TPSA) is 56.8 Å². The zero-order chi connectivity index (χ0) is 24.6. The van der Waals surface area contributed by atoms with E-state index in [4.69, 9.17) is 0 Å². The molecule has 1 fully saturated rings. The Bertz CT molecular complexity index is 1250. The first-order chi connectivity index (χ1) is 16.8. The van der Waals surface area contributed by atoms with Crippen molar-refractivity contribution in [3.63, 3.8) is 0 Å². The van der Waals surface area contributed by atoms with Crippen LogP contribution in [-0.4, -0.2) is 52.8 Å². The van der Waals surface area contributed by atoms with Crippen LogP contribution in [-0.2, 0) is 19.3 Å². The number of alkyl halides is 3. The average molecular weight is 480 g/mol. The number of pyridine rings is 1. The minimum absolute atomic E-state index is 0.103. The smallest absolute Gasteiger partial charge is 0.367 e. The maximum Gasteiger partial charge on any atom is 0.417 e. The molecule has 5 rings (SSSR count). The van der Waals surface area contributed by atoms with E-state index < -0.39 is 17.6 Å².